The van der Waals surface area contributed by atoms with Gasteiger partial charge in [-0.15, -0.1) is 0 Å². The highest BCUT2D eigenvalue weighted by Gasteiger charge is 2.17. The van der Waals surface area contributed by atoms with E-state index in [1.54, 1.807) is 13.8 Å². The van der Waals surface area contributed by atoms with Crippen LogP contribution in [0.2, 0.25) is 0 Å². The summed E-state index contributed by atoms with van der Waals surface area (Å²) < 4.78 is 24.2. The standard InChI is InChI=1S/C15H21FN2O3/c1-9(2)8-17-15(19)18-10(3)11-6-13(20-4)14(21-5)7-12(11)16/h6-7,10H,1,8H2,2-5H3,(H2,17,18,19)/t10-/m0/s1. The summed E-state index contributed by atoms with van der Waals surface area (Å²) in [5.74, 6) is 0.239. The van der Waals surface area contributed by atoms with Crippen LogP contribution in [0, 0.1) is 5.82 Å². The van der Waals surface area contributed by atoms with Crippen molar-refractivity contribution < 1.29 is 18.7 Å². The van der Waals surface area contributed by atoms with Crippen molar-refractivity contribution in [1.82, 2.24) is 10.6 Å². The van der Waals surface area contributed by atoms with Crippen molar-refractivity contribution >= 4 is 6.03 Å². The maximum Gasteiger partial charge on any atom is 0.315 e. The van der Waals surface area contributed by atoms with Gasteiger partial charge in [0.15, 0.2) is 11.5 Å². The van der Waals surface area contributed by atoms with Gasteiger partial charge in [-0.25, -0.2) is 9.18 Å². The topological polar surface area (TPSA) is 59.6 Å². The molecule has 0 saturated heterocycles. The quantitative estimate of drug-likeness (QED) is 0.794. The number of urea groups is 1. The molecule has 0 radical (unpaired) electrons. The van der Waals surface area contributed by atoms with Crippen molar-refractivity contribution in [2.45, 2.75) is 19.9 Å². The Labute approximate surface area is 124 Å². The van der Waals surface area contributed by atoms with Crippen molar-refractivity contribution in [2.75, 3.05) is 20.8 Å². The molecule has 5 nitrogen and oxygen atoms in total. The Morgan fingerprint density at radius 2 is 1.90 bits per heavy atom. The number of benzene rings is 1. The van der Waals surface area contributed by atoms with E-state index in [9.17, 15) is 9.18 Å². The van der Waals surface area contributed by atoms with Crippen LogP contribution in [0.1, 0.15) is 25.5 Å². The zero-order valence-electron chi connectivity index (χ0n) is 12.7. The predicted octanol–water partition coefficient (Wildman–Crippen LogP) is 2.78. The lowest BCUT2D eigenvalue weighted by atomic mass is 10.1. The van der Waals surface area contributed by atoms with Crippen LogP contribution in [-0.2, 0) is 0 Å². The number of carbonyl (C=O) groups is 1. The zero-order chi connectivity index (χ0) is 16.0. The van der Waals surface area contributed by atoms with Gasteiger partial charge in [0, 0.05) is 18.2 Å². The maximum absolute atomic E-state index is 14.0. The van der Waals surface area contributed by atoms with E-state index in [-0.39, 0.29) is 6.03 Å². The number of halogens is 1. The van der Waals surface area contributed by atoms with Gasteiger partial charge in [0.05, 0.1) is 20.3 Å². The number of nitrogens with one attached hydrogen (secondary N) is 2. The fourth-order valence-corrected chi connectivity index (χ4v) is 1.76. The van der Waals surface area contributed by atoms with Crippen LogP contribution in [-0.4, -0.2) is 26.8 Å². The van der Waals surface area contributed by atoms with Crippen LogP contribution in [0.15, 0.2) is 24.3 Å². The summed E-state index contributed by atoms with van der Waals surface area (Å²) in [6, 6.07) is 1.84. The normalized spacial score (nSPS) is 11.5. The van der Waals surface area contributed by atoms with Crippen LogP contribution in [0.4, 0.5) is 9.18 Å². The molecule has 2 amide bonds. The fourth-order valence-electron chi connectivity index (χ4n) is 1.76. The first-order chi connectivity index (χ1) is 9.88. The third kappa shape index (κ3) is 4.66. The molecule has 0 heterocycles. The number of hydrogen-bond acceptors (Lipinski definition) is 3. The van der Waals surface area contributed by atoms with E-state index >= 15 is 0 Å². The molecule has 1 atom stereocenters. The molecule has 1 aromatic rings. The Morgan fingerprint density at radius 3 is 2.43 bits per heavy atom. The van der Waals surface area contributed by atoms with Gasteiger partial charge in [-0.05, 0) is 19.9 Å². The SMILES string of the molecule is C=C(C)CNC(=O)N[C@@H](C)c1cc(OC)c(OC)cc1F. The first kappa shape index (κ1) is 16.8. The van der Waals surface area contributed by atoms with E-state index in [2.05, 4.69) is 17.2 Å². The highest BCUT2D eigenvalue weighted by molar-refractivity contribution is 5.74. The zero-order valence-corrected chi connectivity index (χ0v) is 12.7. The number of hydrogen-bond donors (Lipinski definition) is 2. The van der Waals surface area contributed by atoms with Crippen LogP contribution in [0.3, 0.4) is 0 Å². The molecule has 0 bridgehead atoms. The molecule has 0 aliphatic carbocycles. The Morgan fingerprint density at radius 1 is 1.33 bits per heavy atom. The summed E-state index contributed by atoms with van der Waals surface area (Å²) in [4.78, 5) is 11.7. The third-order valence-electron chi connectivity index (χ3n) is 2.87. The fraction of sp³-hybridized carbons (Fsp3) is 0.400. The predicted molar refractivity (Wildman–Crippen MR) is 79.3 cm³/mol. The van der Waals surface area contributed by atoms with Crippen LogP contribution >= 0.6 is 0 Å². The van der Waals surface area contributed by atoms with Crippen molar-refractivity contribution in [2.24, 2.45) is 0 Å². The number of methoxy groups -OCH3 is 2. The second kappa shape index (κ2) is 7.52. The first-order valence-electron chi connectivity index (χ1n) is 6.49. The smallest absolute Gasteiger partial charge is 0.315 e. The molecule has 0 saturated carbocycles. The highest BCUT2D eigenvalue weighted by atomic mass is 19.1. The van der Waals surface area contributed by atoms with Crippen molar-refractivity contribution in [3.05, 3.63) is 35.7 Å². The van der Waals surface area contributed by atoms with Crippen molar-refractivity contribution in [3.63, 3.8) is 0 Å². The molecule has 6 heteroatoms. The second-order valence-corrected chi connectivity index (χ2v) is 4.73. The summed E-state index contributed by atoms with van der Waals surface area (Å²) >= 11 is 0. The Kier molecular flexibility index (Phi) is 6.02. The molecular formula is C15H21FN2O3. The lowest BCUT2D eigenvalue weighted by Gasteiger charge is -2.18. The van der Waals surface area contributed by atoms with Gasteiger partial charge in [-0.2, -0.15) is 0 Å². The molecule has 2 N–H and O–H groups in total. The molecule has 0 aliphatic rings. The monoisotopic (exact) mass is 296 g/mol. The molecule has 1 rings (SSSR count). The van der Waals surface area contributed by atoms with Gasteiger partial charge < -0.3 is 20.1 Å². The highest BCUT2D eigenvalue weighted by Crippen LogP contribution is 2.32. The maximum atomic E-state index is 14.0. The molecule has 0 spiro atoms. The Bertz CT molecular complexity index is 532. The summed E-state index contributed by atoms with van der Waals surface area (Å²) in [6.07, 6.45) is 0. The molecule has 1 aromatic carbocycles. The van der Waals surface area contributed by atoms with E-state index in [1.165, 1.54) is 26.4 Å². The minimum Gasteiger partial charge on any atom is -0.493 e. The molecule has 0 aliphatic heterocycles. The van der Waals surface area contributed by atoms with E-state index in [1.807, 2.05) is 0 Å². The molecule has 21 heavy (non-hydrogen) atoms. The van der Waals surface area contributed by atoms with E-state index in [0.29, 0.717) is 23.6 Å². The van der Waals surface area contributed by atoms with E-state index in [4.69, 9.17) is 9.47 Å². The molecule has 0 aromatic heterocycles. The molecule has 0 fully saturated rings. The van der Waals surface area contributed by atoms with Crippen molar-refractivity contribution in [3.8, 4) is 11.5 Å². The van der Waals surface area contributed by atoms with Gasteiger partial charge in [0.2, 0.25) is 0 Å². The summed E-state index contributed by atoms with van der Waals surface area (Å²) in [7, 11) is 2.90. The molecule has 116 valence electrons. The average molecular weight is 296 g/mol. The average Bonchev–Trinajstić information content (AvgIpc) is 2.44. The molecular weight excluding hydrogens is 275 g/mol. The Hall–Kier alpha value is -2.24. The van der Waals surface area contributed by atoms with Crippen LogP contribution < -0.4 is 20.1 Å². The largest absolute Gasteiger partial charge is 0.493 e. The van der Waals surface area contributed by atoms with Crippen LogP contribution in [0.25, 0.3) is 0 Å². The number of ether oxygens (including phenoxy) is 2. The van der Waals surface area contributed by atoms with E-state index < -0.39 is 11.9 Å². The van der Waals surface area contributed by atoms with E-state index in [0.717, 1.165) is 5.57 Å². The van der Waals surface area contributed by atoms with Gasteiger partial charge in [-0.3, -0.25) is 0 Å². The number of carbonyl (C=O) groups excluding carboxylic acids is 1. The summed E-state index contributed by atoms with van der Waals surface area (Å²) in [5, 5.41) is 5.28. The number of amides is 2. The van der Waals surface area contributed by atoms with Gasteiger partial charge in [0.1, 0.15) is 5.82 Å². The Balaban J connectivity index is 2.84. The minimum absolute atomic E-state index is 0.303. The first-order valence-corrected chi connectivity index (χ1v) is 6.49. The summed E-state index contributed by atoms with van der Waals surface area (Å²) in [6.45, 7) is 7.54. The second-order valence-electron chi connectivity index (χ2n) is 4.73. The lowest BCUT2D eigenvalue weighted by Crippen LogP contribution is -2.37. The summed E-state index contributed by atoms with van der Waals surface area (Å²) in [5.41, 5.74) is 1.15. The third-order valence-corrected chi connectivity index (χ3v) is 2.87. The minimum atomic E-state index is -0.519. The number of rotatable bonds is 6. The lowest BCUT2D eigenvalue weighted by molar-refractivity contribution is 0.238. The van der Waals surface area contributed by atoms with Gasteiger partial charge in [0.25, 0.3) is 0 Å². The molecule has 0 unspecified atom stereocenters. The van der Waals surface area contributed by atoms with Crippen LogP contribution in [0.5, 0.6) is 11.5 Å². The van der Waals surface area contributed by atoms with Crippen molar-refractivity contribution in [1.29, 1.82) is 0 Å². The van der Waals surface area contributed by atoms with Gasteiger partial charge >= 0.3 is 6.03 Å². The van der Waals surface area contributed by atoms with Gasteiger partial charge in [-0.1, -0.05) is 12.2 Å².